The van der Waals surface area contributed by atoms with Gasteiger partial charge in [-0.1, -0.05) is 0 Å². The zero-order chi connectivity index (χ0) is 19.7. The summed E-state index contributed by atoms with van der Waals surface area (Å²) in [4.78, 5) is 16.0. The van der Waals surface area contributed by atoms with E-state index < -0.39 is 0 Å². The second-order valence-electron chi connectivity index (χ2n) is 6.22. The summed E-state index contributed by atoms with van der Waals surface area (Å²) in [6, 6.07) is 1.78. The highest BCUT2D eigenvalue weighted by atomic mass is 32.1. The molecule has 0 radical (unpaired) electrons. The molecule has 0 saturated carbocycles. The van der Waals surface area contributed by atoms with Gasteiger partial charge < -0.3 is 4.57 Å². The van der Waals surface area contributed by atoms with E-state index in [0.717, 1.165) is 38.5 Å². The fourth-order valence-electron chi connectivity index (χ4n) is 2.85. The zero-order valence-corrected chi connectivity index (χ0v) is 16.0. The van der Waals surface area contributed by atoms with E-state index >= 15 is 0 Å². The smallest absolute Gasteiger partial charge is 0.230 e. The number of amides is 1. The van der Waals surface area contributed by atoms with Crippen LogP contribution in [0.1, 0.15) is 27.7 Å². The maximum atomic E-state index is 13.7. The average Bonchev–Trinajstić information content (AvgIpc) is 3.45. The number of thiazole rings is 1. The molecule has 0 saturated heterocycles. The Balaban J connectivity index is 1.63. The van der Waals surface area contributed by atoms with Crippen LogP contribution in [0.15, 0.2) is 23.6 Å². The van der Waals surface area contributed by atoms with Gasteiger partial charge >= 0.3 is 0 Å². The fourth-order valence-corrected chi connectivity index (χ4v) is 4.02. The Morgan fingerprint density at radius 3 is 2.93 bits per heavy atom. The van der Waals surface area contributed by atoms with E-state index in [2.05, 4.69) is 30.5 Å². The summed E-state index contributed by atoms with van der Waals surface area (Å²) in [5.74, 6) is -0.377. The lowest BCUT2D eigenvalue weighted by atomic mass is 10.3. The molecule has 4 aromatic heterocycles. The molecule has 0 atom stereocenters. The van der Waals surface area contributed by atoms with Crippen LogP contribution >= 0.6 is 11.3 Å². The number of halogens is 1. The first kappa shape index (κ1) is 18.0. The SMILES string of the molecule is Cc1c(/C=N\N(C=O)Cc2ccn[nH]2)c2sc(Cc3[nH]ncc3F)nc2n1C. The van der Waals surface area contributed by atoms with Crippen molar-refractivity contribution >= 4 is 34.3 Å². The highest BCUT2D eigenvalue weighted by Gasteiger charge is 2.17. The Morgan fingerprint density at radius 2 is 2.25 bits per heavy atom. The van der Waals surface area contributed by atoms with Crippen LogP contribution in [-0.4, -0.2) is 47.6 Å². The molecular weight excluding hydrogens is 383 g/mol. The molecule has 4 aromatic rings. The highest BCUT2D eigenvalue weighted by Crippen LogP contribution is 2.30. The van der Waals surface area contributed by atoms with Gasteiger partial charge in [0, 0.05) is 30.9 Å². The predicted molar refractivity (Wildman–Crippen MR) is 102 cm³/mol. The van der Waals surface area contributed by atoms with Gasteiger partial charge in [0.05, 0.1) is 35.0 Å². The van der Waals surface area contributed by atoms with Crippen molar-refractivity contribution in [2.45, 2.75) is 19.9 Å². The van der Waals surface area contributed by atoms with E-state index in [-0.39, 0.29) is 5.82 Å². The third-order valence-corrected chi connectivity index (χ3v) is 5.53. The number of nitrogens with one attached hydrogen (secondary N) is 2. The van der Waals surface area contributed by atoms with E-state index in [1.807, 2.05) is 18.5 Å². The molecule has 4 rings (SSSR count). The molecule has 1 amide bonds. The van der Waals surface area contributed by atoms with Gasteiger partial charge in [-0.05, 0) is 13.0 Å². The summed E-state index contributed by atoms with van der Waals surface area (Å²) < 4.78 is 16.5. The zero-order valence-electron chi connectivity index (χ0n) is 15.2. The third kappa shape index (κ3) is 3.31. The third-order valence-electron chi connectivity index (χ3n) is 4.45. The minimum Gasteiger partial charge on any atom is -0.332 e. The quantitative estimate of drug-likeness (QED) is 0.281. The minimum atomic E-state index is -0.377. The molecule has 9 nitrogen and oxygen atoms in total. The highest BCUT2D eigenvalue weighted by molar-refractivity contribution is 7.19. The summed E-state index contributed by atoms with van der Waals surface area (Å²) in [6.07, 6.45) is 5.42. The van der Waals surface area contributed by atoms with Gasteiger partial charge in [-0.3, -0.25) is 15.0 Å². The number of hydrogen-bond donors (Lipinski definition) is 2. The molecule has 0 aliphatic rings. The molecule has 11 heteroatoms. The number of H-pyrrole nitrogens is 2. The van der Waals surface area contributed by atoms with Crippen LogP contribution in [0.25, 0.3) is 10.3 Å². The maximum absolute atomic E-state index is 13.7. The molecule has 144 valence electrons. The molecule has 0 aromatic carbocycles. The maximum Gasteiger partial charge on any atom is 0.230 e. The number of hydrazone groups is 1. The molecule has 4 heterocycles. The summed E-state index contributed by atoms with van der Waals surface area (Å²) in [5, 5.41) is 19.4. The standard InChI is InChI=1S/C17H17FN8OS/c1-10-12(6-21-26(9-27)8-11-3-4-19-23-11)16-17(25(10)2)22-15(28-16)5-14-13(18)7-20-24-14/h3-4,6-7,9H,5,8H2,1-2H3,(H,19,23)(H,20,24)/b21-6-. The first-order chi connectivity index (χ1) is 13.6. The van der Waals surface area contributed by atoms with E-state index in [1.165, 1.54) is 16.3 Å². The Kier molecular flexibility index (Phi) is 4.74. The van der Waals surface area contributed by atoms with Gasteiger partial charge in [0.2, 0.25) is 6.41 Å². The molecule has 2 N–H and O–H groups in total. The summed E-state index contributed by atoms with van der Waals surface area (Å²) >= 11 is 1.47. The van der Waals surface area contributed by atoms with Gasteiger partial charge in [0.25, 0.3) is 0 Å². The van der Waals surface area contributed by atoms with E-state index in [0.29, 0.717) is 25.1 Å². The molecule has 0 aliphatic carbocycles. The number of carbonyl (C=O) groups is 1. The predicted octanol–water partition coefficient (Wildman–Crippen LogP) is 2.11. The van der Waals surface area contributed by atoms with Crippen LogP contribution in [0.4, 0.5) is 4.39 Å². The number of aryl methyl sites for hydroxylation is 1. The van der Waals surface area contributed by atoms with Crippen molar-refractivity contribution in [3.63, 3.8) is 0 Å². The molecule has 0 fully saturated rings. The summed E-state index contributed by atoms with van der Waals surface area (Å²) in [6.45, 7) is 2.26. The molecule has 0 spiro atoms. The Bertz CT molecular complexity index is 1140. The van der Waals surface area contributed by atoms with Crippen molar-refractivity contribution in [3.8, 4) is 0 Å². The van der Waals surface area contributed by atoms with Crippen molar-refractivity contribution in [1.29, 1.82) is 0 Å². The summed E-state index contributed by atoms with van der Waals surface area (Å²) in [7, 11) is 1.91. The lowest BCUT2D eigenvalue weighted by Gasteiger charge is -2.08. The van der Waals surface area contributed by atoms with Gasteiger partial charge in [0.15, 0.2) is 11.5 Å². The molecular formula is C17H17FN8OS. The number of carbonyl (C=O) groups excluding carboxylic acids is 1. The lowest BCUT2D eigenvalue weighted by Crippen LogP contribution is -2.15. The van der Waals surface area contributed by atoms with Gasteiger partial charge in [-0.25, -0.2) is 14.4 Å². The van der Waals surface area contributed by atoms with E-state index in [4.69, 9.17) is 0 Å². The first-order valence-electron chi connectivity index (χ1n) is 8.43. The number of aromatic nitrogens is 6. The van der Waals surface area contributed by atoms with Crippen LogP contribution in [0, 0.1) is 12.7 Å². The Hall–Kier alpha value is -3.34. The molecule has 0 bridgehead atoms. The second-order valence-corrected chi connectivity index (χ2v) is 7.30. The molecule has 0 unspecified atom stereocenters. The first-order valence-corrected chi connectivity index (χ1v) is 9.25. The number of nitrogens with zero attached hydrogens (tertiary/aromatic N) is 6. The minimum absolute atomic E-state index is 0.294. The second kappa shape index (κ2) is 7.35. The van der Waals surface area contributed by atoms with Gasteiger partial charge in [0.1, 0.15) is 5.01 Å². The van der Waals surface area contributed by atoms with Crippen molar-refractivity contribution < 1.29 is 9.18 Å². The number of fused-ring (bicyclic) bond motifs is 1. The average molecular weight is 400 g/mol. The Labute approximate surface area is 162 Å². The van der Waals surface area contributed by atoms with Crippen LogP contribution in [0.5, 0.6) is 0 Å². The van der Waals surface area contributed by atoms with Gasteiger partial charge in [-0.2, -0.15) is 15.3 Å². The van der Waals surface area contributed by atoms with Crippen LogP contribution in [0.3, 0.4) is 0 Å². The fraction of sp³-hybridized carbons (Fsp3) is 0.235. The van der Waals surface area contributed by atoms with Crippen molar-refractivity contribution in [3.05, 3.63) is 51.9 Å². The normalized spacial score (nSPS) is 11.7. The van der Waals surface area contributed by atoms with E-state index in [9.17, 15) is 9.18 Å². The van der Waals surface area contributed by atoms with Gasteiger partial charge in [-0.15, -0.1) is 11.3 Å². The number of hydrogen-bond acceptors (Lipinski definition) is 6. The largest absolute Gasteiger partial charge is 0.332 e. The number of aromatic amines is 2. The van der Waals surface area contributed by atoms with Crippen molar-refractivity contribution in [1.82, 2.24) is 35.0 Å². The molecule has 28 heavy (non-hydrogen) atoms. The van der Waals surface area contributed by atoms with E-state index in [1.54, 1.807) is 18.5 Å². The Morgan fingerprint density at radius 1 is 1.39 bits per heavy atom. The lowest BCUT2D eigenvalue weighted by molar-refractivity contribution is -0.118. The van der Waals surface area contributed by atoms with Crippen molar-refractivity contribution in [2.75, 3.05) is 0 Å². The summed E-state index contributed by atoms with van der Waals surface area (Å²) in [5.41, 5.74) is 3.83. The van der Waals surface area contributed by atoms with Crippen molar-refractivity contribution in [2.24, 2.45) is 12.1 Å². The topological polar surface area (TPSA) is 108 Å². The van der Waals surface area contributed by atoms with Crippen LogP contribution in [0.2, 0.25) is 0 Å². The van der Waals surface area contributed by atoms with Crippen LogP contribution in [-0.2, 0) is 24.8 Å². The van der Waals surface area contributed by atoms with Crippen LogP contribution < -0.4 is 0 Å². The monoisotopic (exact) mass is 400 g/mol. The molecule has 0 aliphatic heterocycles. The number of rotatable bonds is 7.